The number of nitrogens with zero attached hydrogens (tertiary/aromatic N) is 1. The van der Waals surface area contributed by atoms with Gasteiger partial charge in [-0.05, 0) is 55.9 Å². The minimum Gasteiger partial charge on any atom is -0.325 e. The number of amides is 1. The van der Waals surface area contributed by atoms with E-state index in [0.29, 0.717) is 22.3 Å². The average Bonchev–Trinajstić information content (AvgIpc) is 2.56. The number of primary sulfonamides is 1. The first-order valence-electron chi connectivity index (χ1n) is 7.66. The molecule has 0 saturated carbocycles. The van der Waals surface area contributed by atoms with Crippen LogP contribution in [0.15, 0.2) is 47.4 Å². The summed E-state index contributed by atoms with van der Waals surface area (Å²) in [5, 5.41) is 8.88. The number of nitrogens with two attached hydrogens (primary N) is 1. The van der Waals surface area contributed by atoms with E-state index >= 15 is 0 Å². The van der Waals surface area contributed by atoms with Crippen LogP contribution in [-0.4, -0.2) is 32.3 Å². The second-order valence-electron chi connectivity index (χ2n) is 5.89. The van der Waals surface area contributed by atoms with Crippen LogP contribution < -0.4 is 10.5 Å². The molecule has 0 bridgehead atoms. The maximum absolute atomic E-state index is 12.4. The molecule has 0 saturated heterocycles. The molecule has 3 N–H and O–H groups in total. The van der Waals surface area contributed by atoms with Crippen molar-refractivity contribution in [1.82, 2.24) is 4.90 Å². The smallest absolute Gasteiger partial charge is 0.241 e. The van der Waals surface area contributed by atoms with Crippen LogP contribution in [-0.2, 0) is 21.4 Å². The molecule has 1 amide bonds. The lowest BCUT2D eigenvalue weighted by atomic mass is 10.2. The van der Waals surface area contributed by atoms with Crippen molar-refractivity contribution in [2.45, 2.75) is 24.4 Å². The number of benzene rings is 2. The zero-order valence-corrected chi connectivity index (χ0v) is 16.6. The molecule has 140 valence electrons. The molecule has 0 heterocycles. The summed E-state index contributed by atoms with van der Waals surface area (Å²) in [6.45, 7) is 2.23. The number of nitrogens with one attached hydrogen (secondary N) is 1. The number of halogens is 2. The lowest BCUT2D eigenvalue weighted by Gasteiger charge is -2.24. The van der Waals surface area contributed by atoms with Crippen molar-refractivity contribution in [3.05, 3.63) is 58.1 Å². The fourth-order valence-electron chi connectivity index (χ4n) is 2.23. The van der Waals surface area contributed by atoms with Crippen LogP contribution in [0, 0.1) is 0 Å². The Hall–Kier alpha value is -1.64. The van der Waals surface area contributed by atoms with Gasteiger partial charge in [0.15, 0.2) is 0 Å². The quantitative estimate of drug-likeness (QED) is 0.757. The fraction of sp³-hybridized carbons (Fsp3) is 0.235. The number of anilines is 1. The third-order valence-electron chi connectivity index (χ3n) is 3.93. The second kappa shape index (κ2) is 8.37. The van der Waals surface area contributed by atoms with Crippen LogP contribution in [0.4, 0.5) is 5.69 Å². The van der Waals surface area contributed by atoms with Gasteiger partial charge in [0.2, 0.25) is 15.9 Å². The lowest BCUT2D eigenvalue weighted by Crippen LogP contribution is -2.39. The van der Waals surface area contributed by atoms with E-state index < -0.39 is 16.1 Å². The minimum absolute atomic E-state index is 0.0157. The van der Waals surface area contributed by atoms with Crippen molar-refractivity contribution in [2.24, 2.45) is 5.14 Å². The Kier molecular flexibility index (Phi) is 6.65. The van der Waals surface area contributed by atoms with Crippen molar-refractivity contribution < 1.29 is 13.2 Å². The predicted octanol–water partition coefficient (Wildman–Crippen LogP) is 3.10. The largest absolute Gasteiger partial charge is 0.325 e. The zero-order chi connectivity index (χ0) is 19.5. The normalized spacial score (nSPS) is 12.8. The van der Waals surface area contributed by atoms with Crippen LogP contribution in [0.5, 0.6) is 0 Å². The SMILES string of the molecule is C[C@@H](C(=O)Nc1ccc(S(N)(=O)=O)cc1)N(C)Cc1ccc(Cl)cc1Cl. The van der Waals surface area contributed by atoms with E-state index in [2.05, 4.69) is 5.32 Å². The molecule has 2 aromatic carbocycles. The van der Waals surface area contributed by atoms with Crippen molar-refractivity contribution >= 4 is 44.8 Å². The standard InChI is InChI=1S/C17H19Cl2N3O3S/c1-11(22(2)10-12-3-4-13(18)9-16(12)19)17(23)21-14-5-7-15(8-6-14)26(20,24)25/h3-9,11H,10H2,1-2H3,(H,21,23)(H2,20,24,25)/t11-/m0/s1. The van der Waals surface area contributed by atoms with Gasteiger partial charge in [-0.15, -0.1) is 0 Å². The summed E-state index contributed by atoms with van der Waals surface area (Å²) in [6.07, 6.45) is 0. The highest BCUT2D eigenvalue weighted by Gasteiger charge is 2.19. The van der Waals surface area contributed by atoms with E-state index in [9.17, 15) is 13.2 Å². The molecule has 0 unspecified atom stereocenters. The summed E-state index contributed by atoms with van der Waals surface area (Å²) < 4.78 is 22.5. The predicted molar refractivity (Wildman–Crippen MR) is 104 cm³/mol. The van der Waals surface area contributed by atoms with Gasteiger partial charge in [-0.25, -0.2) is 13.6 Å². The Labute approximate surface area is 162 Å². The maximum atomic E-state index is 12.4. The summed E-state index contributed by atoms with van der Waals surface area (Å²) >= 11 is 12.1. The highest BCUT2D eigenvalue weighted by atomic mass is 35.5. The number of rotatable bonds is 6. The molecule has 1 atom stereocenters. The Morgan fingerprint density at radius 1 is 1.19 bits per heavy atom. The van der Waals surface area contributed by atoms with Crippen molar-refractivity contribution in [2.75, 3.05) is 12.4 Å². The molecule has 0 fully saturated rings. The maximum Gasteiger partial charge on any atom is 0.241 e. The first-order chi connectivity index (χ1) is 12.1. The lowest BCUT2D eigenvalue weighted by molar-refractivity contribution is -0.120. The molecule has 26 heavy (non-hydrogen) atoms. The monoisotopic (exact) mass is 415 g/mol. The van der Waals surface area contributed by atoms with Gasteiger partial charge in [-0.3, -0.25) is 9.69 Å². The van der Waals surface area contributed by atoms with Crippen LogP contribution >= 0.6 is 23.2 Å². The summed E-state index contributed by atoms with van der Waals surface area (Å²) in [5.41, 5.74) is 1.34. The van der Waals surface area contributed by atoms with Crippen LogP contribution in [0.25, 0.3) is 0 Å². The second-order valence-corrected chi connectivity index (χ2v) is 8.29. The number of carbonyl (C=O) groups is 1. The Morgan fingerprint density at radius 2 is 1.81 bits per heavy atom. The van der Waals surface area contributed by atoms with E-state index in [1.165, 1.54) is 24.3 Å². The fourth-order valence-corrected chi connectivity index (χ4v) is 3.21. The molecule has 0 spiro atoms. The number of hydrogen-bond donors (Lipinski definition) is 2. The third kappa shape index (κ3) is 5.43. The summed E-state index contributed by atoms with van der Waals surface area (Å²) in [5.74, 6) is -0.235. The summed E-state index contributed by atoms with van der Waals surface area (Å²) in [4.78, 5) is 14.2. The van der Waals surface area contributed by atoms with E-state index in [1.54, 1.807) is 26.1 Å². The number of likely N-dealkylation sites (N-methyl/N-ethyl adjacent to an activating group) is 1. The van der Waals surface area contributed by atoms with Crippen LogP contribution in [0.3, 0.4) is 0 Å². The van der Waals surface area contributed by atoms with Gasteiger partial charge in [0.05, 0.1) is 10.9 Å². The van der Waals surface area contributed by atoms with E-state index in [-0.39, 0.29) is 10.8 Å². The van der Waals surface area contributed by atoms with Gasteiger partial charge in [0.1, 0.15) is 0 Å². The number of hydrogen-bond acceptors (Lipinski definition) is 4. The van der Waals surface area contributed by atoms with Gasteiger partial charge in [0, 0.05) is 22.3 Å². The van der Waals surface area contributed by atoms with E-state index in [0.717, 1.165) is 5.56 Å². The minimum atomic E-state index is -3.76. The molecular formula is C17H19Cl2N3O3S. The van der Waals surface area contributed by atoms with Crippen molar-refractivity contribution in [3.8, 4) is 0 Å². The zero-order valence-electron chi connectivity index (χ0n) is 14.2. The number of sulfonamides is 1. The molecule has 0 aliphatic heterocycles. The molecule has 6 nitrogen and oxygen atoms in total. The van der Waals surface area contributed by atoms with Gasteiger partial charge in [-0.2, -0.15) is 0 Å². The molecular weight excluding hydrogens is 397 g/mol. The molecule has 0 aliphatic carbocycles. The highest BCUT2D eigenvalue weighted by Crippen LogP contribution is 2.22. The number of carbonyl (C=O) groups excluding carboxylic acids is 1. The van der Waals surface area contributed by atoms with Gasteiger partial charge in [-0.1, -0.05) is 29.3 Å². The van der Waals surface area contributed by atoms with Gasteiger partial charge in [0.25, 0.3) is 0 Å². The summed E-state index contributed by atoms with van der Waals surface area (Å²) in [6, 6.07) is 10.4. The summed E-state index contributed by atoms with van der Waals surface area (Å²) in [7, 11) is -1.96. The molecule has 0 radical (unpaired) electrons. The van der Waals surface area contributed by atoms with Gasteiger partial charge < -0.3 is 5.32 Å². The Balaban J connectivity index is 2.02. The average molecular weight is 416 g/mol. The van der Waals surface area contributed by atoms with E-state index in [4.69, 9.17) is 28.3 Å². The van der Waals surface area contributed by atoms with Crippen molar-refractivity contribution in [3.63, 3.8) is 0 Å². The van der Waals surface area contributed by atoms with Crippen LogP contribution in [0.2, 0.25) is 10.0 Å². The molecule has 2 aromatic rings. The highest BCUT2D eigenvalue weighted by molar-refractivity contribution is 7.89. The van der Waals surface area contributed by atoms with E-state index in [1.807, 2.05) is 11.0 Å². The third-order valence-corrected chi connectivity index (χ3v) is 5.44. The Bertz CT molecular complexity index is 902. The Morgan fingerprint density at radius 3 is 2.35 bits per heavy atom. The van der Waals surface area contributed by atoms with Gasteiger partial charge >= 0.3 is 0 Å². The topological polar surface area (TPSA) is 92.5 Å². The van der Waals surface area contributed by atoms with Crippen LogP contribution in [0.1, 0.15) is 12.5 Å². The molecule has 0 aliphatic rings. The first-order valence-corrected chi connectivity index (χ1v) is 9.96. The van der Waals surface area contributed by atoms with Crippen molar-refractivity contribution in [1.29, 1.82) is 0 Å². The molecule has 2 rings (SSSR count). The first kappa shape index (κ1) is 20.7. The molecule has 9 heteroatoms. The molecule has 0 aromatic heterocycles.